The van der Waals surface area contributed by atoms with Crippen LogP contribution in [0.15, 0.2) is 0 Å². The van der Waals surface area contributed by atoms with Crippen molar-refractivity contribution >= 4 is 11.9 Å². The number of nitrogens with zero attached hydrogens (tertiary/aromatic N) is 1. The Morgan fingerprint density at radius 3 is 2.62 bits per heavy atom. The van der Waals surface area contributed by atoms with Gasteiger partial charge in [0.15, 0.2) is 0 Å². The van der Waals surface area contributed by atoms with Crippen LogP contribution in [0.25, 0.3) is 0 Å². The van der Waals surface area contributed by atoms with Gasteiger partial charge in [0.1, 0.15) is 6.04 Å². The average molecular weight is 228 g/mol. The molecule has 1 N–H and O–H groups in total. The molecular weight excluding hydrogens is 208 g/mol. The van der Waals surface area contributed by atoms with E-state index in [1.807, 2.05) is 13.8 Å². The van der Waals surface area contributed by atoms with E-state index in [1.54, 1.807) is 11.8 Å². The Morgan fingerprint density at radius 2 is 2.12 bits per heavy atom. The van der Waals surface area contributed by atoms with Crippen LogP contribution in [0.5, 0.6) is 0 Å². The molecule has 0 saturated carbocycles. The molecule has 1 fully saturated rings. The summed E-state index contributed by atoms with van der Waals surface area (Å²) in [6.07, 6.45) is 0.748. The number of ether oxygens (including phenoxy) is 1. The van der Waals surface area contributed by atoms with Crippen LogP contribution in [0.4, 0.5) is 0 Å². The summed E-state index contributed by atoms with van der Waals surface area (Å²) in [5.41, 5.74) is 0. The number of hydrogen-bond donors (Lipinski definition) is 1. The number of amides is 1. The Morgan fingerprint density at radius 1 is 1.50 bits per heavy atom. The number of likely N-dealkylation sites (tertiary alicyclic amines) is 1. The molecule has 0 aromatic heterocycles. The highest BCUT2D eigenvalue weighted by Gasteiger charge is 2.37. The minimum Gasteiger partial charge on any atom is -0.467 e. The maximum Gasteiger partial charge on any atom is 0.328 e. The molecule has 0 spiro atoms. The summed E-state index contributed by atoms with van der Waals surface area (Å²) in [4.78, 5) is 24.9. The minimum atomic E-state index is -0.489. The molecule has 5 nitrogen and oxygen atoms in total. The highest BCUT2D eigenvalue weighted by atomic mass is 16.5. The van der Waals surface area contributed by atoms with Gasteiger partial charge in [0, 0.05) is 12.6 Å². The maximum absolute atomic E-state index is 12.0. The van der Waals surface area contributed by atoms with E-state index in [1.165, 1.54) is 7.11 Å². The van der Waals surface area contributed by atoms with E-state index in [4.69, 9.17) is 0 Å². The fraction of sp³-hybridized carbons (Fsp3) is 0.818. The van der Waals surface area contributed by atoms with Crippen molar-refractivity contribution in [2.75, 3.05) is 13.7 Å². The van der Waals surface area contributed by atoms with Crippen molar-refractivity contribution < 1.29 is 14.3 Å². The van der Waals surface area contributed by atoms with Gasteiger partial charge in [0.2, 0.25) is 5.91 Å². The Bertz CT molecular complexity index is 278. The third-order valence-corrected chi connectivity index (χ3v) is 2.78. The lowest BCUT2D eigenvalue weighted by molar-refractivity contribution is -0.150. The van der Waals surface area contributed by atoms with E-state index >= 15 is 0 Å². The van der Waals surface area contributed by atoms with Gasteiger partial charge in [-0.15, -0.1) is 0 Å². The molecule has 5 heteroatoms. The molecule has 0 bridgehead atoms. The van der Waals surface area contributed by atoms with Gasteiger partial charge in [0.05, 0.1) is 13.2 Å². The van der Waals surface area contributed by atoms with Crippen molar-refractivity contribution in [3.63, 3.8) is 0 Å². The summed E-state index contributed by atoms with van der Waals surface area (Å²) in [7, 11) is 1.34. The van der Waals surface area contributed by atoms with Gasteiger partial charge < -0.3 is 15.0 Å². The fourth-order valence-electron chi connectivity index (χ4n) is 1.94. The standard InChI is InChI=1S/C11H20N2O3/c1-7(2)12-9-5-6-13(10(9)14)8(3)11(15)16-4/h7-9,12H,5-6H2,1-4H3. The summed E-state index contributed by atoms with van der Waals surface area (Å²) in [5.74, 6) is -0.370. The van der Waals surface area contributed by atoms with Crippen molar-refractivity contribution in [2.45, 2.75) is 45.3 Å². The quantitative estimate of drug-likeness (QED) is 0.696. The molecule has 1 rings (SSSR count). The summed E-state index contributed by atoms with van der Waals surface area (Å²) >= 11 is 0. The zero-order valence-electron chi connectivity index (χ0n) is 10.3. The van der Waals surface area contributed by atoms with E-state index in [0.717, 1.165) is 6.42 Å². The lowest BCUT2D eigenvalue weighted by Crippen LogP contribution is -2.46. The molecule has 2 atom stereocenters. The molecule has 2 unspecified atom stereocenters. The molecule has 1 aliphatic heterocycles. The van der Waals surface area contributed by atoms with Crippen LogP contribution < -0.4 is 5.32 Å². The predicted molar refractivity (Wildman–Crippen MR) is 59.9 cm³/mol. The van der Waals surface area contributed by atoms with Gasteiger partial charge in [-0.2, -0.15) is 0 Å². The molecule has 1 saturated heterocycles. The largest absolute Gasteiger partial charge is 0.467 e. The predicted octanol–water partition coefficient (Wildman–Crippen LogP) is 0.147. The van der Waals surface area contributed by atoms with Crippen molar-refractivity contribution in [3.05, 3.63) is 0 Å². The SMILES string of the molecule is COC(=O)C(C)N1CCC(NC(C)C)C1=O. The molecule has 1 amide bonds. The van der Waals surface area contributed by atoms with Gasteiger partial charge in [-0.05, 0) is 13.3 Å². The molecule has 16 heavy (non-hydrogen) atoms. The third kappa shape index (κ3) is 2.72. The number of nitrogens with one attached hydrogen (secondary N) is 1. The molecule has 0 aromatic rings. The molecule has 92 valence electrons. The normalized spacial score (nSPS) is 22.7. The number of esters is 1. The molecule has 1 aliphatic rings. The fourth-order valence-corrected chi connectivity index (χ4v) is 1.94. The minimum absolute atomic E-state index is 0.00778. The second-order valence-corrected chi connectivity index (χ2v) is 4.39. The first-order valence-electron chi connectivity index (χ1n) is 5.61. The number of hydrogen-bond acceptors (Lipinski definition) is 4. The zero-order valence-corrected chi connectivity index (χ0v) is 10.3. The highest BCUT2D eigenvalue weighted by Crippen LogP contribution is 2.15. The van der Waals surface area contributed by atoms with E-state index in [0.29, 0.717) is 6.54 Å². The third-order valence-electron chi connectivity index (χ3n) is 2.78. The maximum atomic E-state index is 12.0. The van der Waals surface area contributed by atoms with Crippen molar-refractivity contribution in [1.82, 2.24) is 10.2 Å². The van der Waals surface area contributed by atoms with E-state index in [-0.39, 0.29) is 24.0 Å². The molecule has 0 radical (unpaired) electrons. The zero-order chi connectivity index (χ0) is 12.3. The van der Waals surface area contributed by atoms with Crippen molar-refractivity contribution in [1.29, 1.82) is 0 Å². The van der Waals surface area contributed by atoms with Crippen LogP contribution in [-0.2, 0) is 14.3 Å². The van der Waals surface area contributed by atoms with Gasteiger partial charge >= 0.3 is 5.97 Å². The number of carbonyl (C=O) groups excluding carboxylic acids is 2. The van der Waals surface area contributed by atoms with Gasteiger partial charge in [-0.3, -0.25) is 4.79 Å². The van der Waals surface area contributed by atoms with E-state index in [9.17, 15) is 9.59 Å². The van der Waals surface area contributed by atoms with Crippen LogP contribution in [0.1, 0.15) is 27.2 Å². The Kier molecular flexibility index (Phi) is 4.29. The molecule has 1 heterocycles. The molecule has 0 aliphatic carbocycles. The molecule has 0 aromatic carbocycles. The van der Waals surface area contributed by atoms with Crippen LogP contribution >= 0.6 is 0 Å². The first-order chi connectivity index (χ1) is 7.47. The van der Waals surface area contributed by atoms with Gasteiger partial charge in [-0.25, -0.2) is 4.79 Å². The van der Waals surface area contributed by atoms with Crippen molar-refractivity contribution in [3.8, 4) is 0 Å². The Hall–Kier alpha value is -1.10. The lowest BCUT2D eigenvalue weighted by atomic mass is 10.2. The van der Waals surface area contributed by atoms with Crippen LogP contribution in [0, 0.1) is 0 Å². The first-order valence-corrected chi connectivity index (χ1v) is 5.61. The number of carbonyl (C=O) groups is 2. The van der Waals surface area contributed by atoms with Crippen LogP contribution in [-0.4, -0.2) is 48.6 Å². The molecular formula is C11H20N2O3. The summed E-state index contributed by atoms with van der Waals surface area (Å²) in [6, 6.07) is -0.383. The number of methoxy groups -OCH3 is 1. The summed E-state index contributed by atoms with van der Waals surface area (Å²) in [5, 5.41) is 3.19. The summed E-state index contributed by atoms with van der Waals surface area (Å²) in [6.45, 7) is 6.31. The van der Waals surface area contributed by atoms with Gasteiger partial charge in [0.25, 0.3) is 0 Å². The topological polar surface area (TPSA) is 58.6 Å². The van der Waals surface area contributed by atoms with Crippen molar-refractivity contribution in [2.24, 2.45) is 0 Å². The van der Waals surface area contributed by atoms with Crippen LogP contribution in [0.3, 0.4) is 0 Å². The van der Waals surface area contributed by atoms with E-state index < -0.39 is 6.04 Å². The van der Waals surface area contributed by atoms with Crippen LogP contribution in [0.2, 0.25) is 0 Å². The summed E-state index contributed by atoms with van der Waals surface area (Å²) < 4.78 is 4.64. The second kappa shape index (κ2) is 5.30. The first kappa shape index (κ1) is 13.0. The van der Waals surface area contributed by atoms with E-state index in [2.05, 4.69) is 10.1 Å². The number of rotatable bonds is 4. The smallest absolute Gasteiger partial charge is 0.328 e. The average Bonchev–Trinajstić information content (AvgIpc) is 2.58. The Balaban J connectivity index is 2.60. The van der Waals surface area contributed by atoms with Gasteiger partial charge in [-0.1, -0.05) is 13.8 Å². The second-order valence-electron chi connectivity index (χ2n) is 4.39. The lowest BCUT2D eigenvalue weighted by Gasteiger charge is -2.23. The highest BCUT2D eigenvalue weighted by molar-refractivity contribution is 5.89. The monoisotopic (exact) mass is 228 g/mol. The Labute approximate surface area is 96.1 Å².